The molecule has 2 atom stereocenters. The van der Waals surface area contributed by atoms with Crippen LogP contribution in [0.1, 0.15) is 30.9 Å². The number of anilines is 1. The fraction of sp³-hybridized carbons (Fsp3) is 0.440. The lowest BCUT2D eigenvalue weighted by Crippen LogP contribution is -2.43. The minimum Gasteiger partial charge on any atom is -0.497 e. The Morgan fingerprint density at radius 2 is 1.78 bits per heavy atom. The van der Waals surface area contributed by atoms with Gasteiger partial charge in [0.25, 0.3) is 0 Å². The molecule has 2 saturated heterocycles. The molecule has 7 heteroatoms. The number of piperidine rings is 1. The summed E-state index contributed by atoms with van der Waals surface area (Å²) >= 11 is 0. The van der Waals surface area contributed by atoms with Gasteiger partial charge in [-0.1, -0.05) is 30.3 Å². The Bertz CT molecular complexity index is 956. The molecule has 0 aliphatic carbocycles. The predicted octanol–water partition coefficient (Wildman–Crippen LogP) is 3.03. The van der Waals surface area contributed by atoms with Gasteiger partial charge in [-0.25, -0.2) is 0 Å². The van der Waals surface area contributed by atoms with Crippen LogP contribution in [0.5, 0.6) is 11.5 Å². The second kappa shape index (κ2) is 9.61. The molecule has 2 amide bonds. The van der Waals surface area contributed by atoms with E-state index in [1.54, 1.807) is 37.3 Å². The van der Waals surface area contributed by atoms with Crippen molar-refractivity contribution in [3.05, 3.63) is 54.1 Å². The molecule has 2 fully saturated rings. The third kappa shape index (κ3) is 4.43. The Kier molecular flexibility index (Phi) is 6.65. The standard InChI is InChI=1S/C25H30N2O5/c1-31-20-8-9-22(32-2)21(15-20)27-16-19(14-23(27)28)25(30)26-12-10-18(11-13-26)24(29)17-6-4-3-5-7-17/h3-9,15,18-19,24,29H,10-14,16H2,1-2H3. The van der Waals surface area contributed by atoms with Crippen LogP contribution in [-0.4, -0.2) is 55.7 Å². The summed E-state index contributed by atoms with van der Waals surface area (Å²) in [4.78, 5) is 29.4. The molecule has 7 nitrogen and oxygen atoms in total. The summed E-state index contributed by atoms with van der Waals surface area (Å²) < 4.78 is 10.7. The van der Waals surface area contributed by atoms with Crippen LogP contribution < -0.4 is 14.4 Å². The summed E-state index contributed by atoms with van der Waals surface area (Å²) in [5, 5.41) is 10.7. The van der Waals surface area contributed by atoms with Crippen LogP contribution in [0.3, 0.4) is 0 Å². The zero-order valence-electron chi connectivity index (χ0n) is 18.6. The summed E-state index contributed by atoms with van der Waals surface area (Å²) in [7, 11) is 3.13. The van der Waals surface area contributed by atoms with Gasteiger partial charge in [0.2, 0.25) is 11.8 Å². The fourth-order valence-electron chi connectivity index (χ4n) is 4.73. The van der Waals surface area contributed by atoms with Crippen molar-refractivity contribution in [2.45, 2.75) is 25.4 Å². The molecule has 2 aliphatic heterocycles. The van der Waals surface area contributed by atoms with Gasteiger partial charge >= 0.3 is 0 Å². The van der Waals surface area contributed by atoms with Gasteiger partial charge in [0.1, 0.15) is 11.5 Å². The van der Waals surface area contributed by atoms with Crippen LogP contribution in [0.2, 0.25) is 0 Å². The molecular formula is C25H30N2O5. The topological polar surface area (TPSA) is 79.3 Å². The molecule has 0 radical (unpaired) electrons. The van der Waals surface area contributed by atoms with E-state index in [9.17, 15) is 14.7 Å². The SMILES string of the molecule is COc1ccc(OC)c(N2CC(C(=O)N3CCC(C(O)c4ccccc4)CC3)CC2=O)c1. The highest BCUT2D eigenvalue weighted by Crippen LogP contribution is 2.37. The van der Waals surface area contributed by atoms with Crippen molar-refractivity contribution in [3.8, 4) is 11.5 Å². The highest BCUT2D eigenvalue weighted by atomic mass is 16.5. The largest absolute Gasteiger partial charge is 0.497 e. The van der Waals surface area contributed by atoms with Crippen LogP contribution >= 0.6 is 0 Å². The van der Waals surface area contributed by atoms with Gasteiger partial charge in [-0.2, -0.15) is 0 Å². The zero-order chi connectivity index (χ0) is 22.7. The number of hydrogen-bond donors (Lipinski definition) is 1. The van der Waals surface area contributed by atoms with Crippen molar-refractivity contribution in [1.82, 2.24) is 4.90 Å². The fourth-order valence-corrected chi connectivity index (χ4v) is 4.73. The third-order valence-electron chi connectivity index (χ3n) is 6.59. The number of likely N-dealkylation sites (tertiary alicyclic amines) is 1. The highest BCUT2D eigenvalue weighted by molar-refractivity contribution is 6.01. The Balaban J connectivity index is 1.39. The molecule has 2 unspecified atom stereocenters. The number of nitrogens with zero attached hydrogens (tertiary/aromatic N) is 2. The first-order valence-corrected chi connectivity index (χ1v) is 11.1. The van der Waals surface area contributed by atoms with Gasteiger partial charge in [0.05, 0.1) is 31.9 Å². The maximum atomic E-state index is 13.2. The molecule has 2 aliphatic rings. The lowest BCUT2D eigenvalue weighted by atomic mass is 9.87. The van der Waals surface area contributed by atoms with Crippen molar-refractivity contribution < 1.29 is 24.2 Å². The normalized spacial score (nSPS) is 20.3. The van der Waals surface area contributed by atoms with Gasteiger partial charge in [0.15, 0.2) is 0 Å². The smallest absolute Gasteiger partial charge is 0.228 e. The summed E-state index contributed by atoms with van der Waals surface area (Å²) in [6, 6.07) is 15.0. The van der Waals surface area contributed by atoms with E-state index >= 15 is 0 Å². The molecule has 32 heavy (non-hydrogen) atoms. The van der Waals surface area contributed by atoms with Crippen LogP contribution in [0, 0.1) is 11.8 Å². The molecule has 1 N–H and O–H groups in total. The highest BCUT2D eigenvalue weighted by Gasteiger charge is 2.39. The molecule has 0 aromatic heterocycles. The van der Waals surface area contributed by atoms with Crippen molar-refractivity contribution in [2.24, 2.45) is 11.8 Å². The van der Waals surface area contributed by atoms with E-state index in [0.717, 1.165) is 18.4 Å². The quantitative estimate of drug-likeness (QED) is 0.750. The van der Waals surface area contributed by atoms with Gasteiger partial charge in [-0.3, -0.25) is 9.59 Å². The number of methoxy groups -OCH3 is 2. The number of carbonyl (C=O) groups excluding carboxylic acids is 2. The number of carbonyl (C=O) groups is 2. The number of amides is 2. The van der Waals surface area contributed by atoms with Crippen LogP contribution in [-0.2, 0) is 9.59 Å². The van der Waals surface area contributed by atoms with E-state index in [-0.39, 0.29) is 30.1 Å². The van der Waals surface area contributed by atoms with Crippen molar-refractivity contribution in [2.75, 3.05) is 38.8 Å². The minimum absolute atomic E-state index is 0.00960. The Labute approximate surface area is 188 Å². The molecule has 2 aromatic rings. The lowest BCUT2D eigenvalue weighted by Gasteiger charge is -2.35. The monoisotopic (exact) mass is 438 g/mol. The Hall–Kier alpha value is -3.06. The maximum absolute atomic E-state index is 13.2. The lowest BCUT2D eigenvalue weighted by molar-refractivity contribution is -0.137. The van der Waals surface area contributed by atoms with Gasteiger partial charge in [-0.15, -0.1) is 0 Å². The molecule has 0 bridgehead atoms. The van der Waals surface area contributed by atoms with Gasteiger partial charge < -0.3 is 24.4 Å². The molecule has 0 saturated carbocycles. The van der Waals surface area contributed by atoms with Crippen LogP contribution in [0.15, 0.2) is 48.5 Å². The van der Waals surface area contributed by atoms with Crippen molar-refractivity contribution in [1.29, 1.82) is 0 Å². The molecule has 0 spiro atoms. The molecule has 170 valence electrons. The molecular weight excluding hydrogens is 408 g/mol. The van der Waals surface area contributed by atoms with E-state index in [2.05, 4.69) is 0 Å². The number of rotatable bonds is 6. The number of hydrogen-bond acceptors (Lipinski definition) is 5. The summed E-state index contributed by atoms with van der Waals surface area (Å²) in [6.45, 7) is 1.52. The summed E-state index contributed by atoms with van der Waals surface area (Å²) in [6.07, 6.45) is 1.16. The van der Waals surface area contributed by atoms with Crippen molar-refractivity contribution in [3.63, 3.8) is 0 Å². The number of aliphatic hydroxyl groups excluding tert-OH is 1. The van der Waals surface area contributed by atoms with Crippen molar-refractivity contribution >= 4 is 17.5 Å². The average molecular weight is 439 g/mol. The number of ether oxygens (including phenoxy) is 2. The van der Waals surface area contributed by atoms with E-state index in [1.807, 2.05) is 35.2 Å². The van der Waals surface area contributed by atoms with Crippen LogP contribution in [0.25, 0.3) is 0 Å². The van der Waals surface area contributed by atoms with Crippen LogP contribution in [0.4, 0.5) is 5.69 Å². The maximum Gasteiger partial charge on any atom is 0.228 e. The number of benzene rings is 2. The second-order valence-electron chi connectivity index (χ2n) is 8.46. The van der Waals surface area contributed by atoms with E-state index in [1.165, 1.54) is 0 Å². The minimum atomic E-state index is -0.516. The van der Waals surface area contributed by atoms with Gasteiger partial charge in [-0.05, 0) is 36.5 Å². The molecule has 2 aromatic carbocycles. The Morgan fingerprint density at radius 1 is 1.06 bits per heavy atom. The second-order valence-corrected chi connectivity index (χ2v) is 8.46. The van der Waals surface area contributed by atoms with E-state index in [4.69, 9.17) is 9.47 Å². The molecule has 2 heterocycles. The van der Waals surface area contributed by atoms with E-state index < -0.39 is 6.10 Å². The van der Waals surface area contributed by atoms with E-state index in [0.29, 0.717) is 36.8 Å². The third-order valence-corrected chi connectivity index (χ3v) is 6.59. The first-order chi connectivity index (χ1) is 15.5. The summed E-state index contributed by atoms with van der Waals surface area (Å²) in [5.41, 5.74) is 1.54. The average Bonchev–Trinajstić information content (AvgIpc) is 3.24. The predicted molar refractivity (Wildman–Crippen MR) is 121 cm³/mol. The zero-order valence-corrected chi connectivity index (χ0v) is 18.6. The molecule has 4 rings (SSSR count). The first-order valence-electron chi connectivity index (χ1n) is 11.1. The first kappa shape index (κ1) is 22.1. The Morgan fingerprint density at radius 3 is 2.44 bits per heavy atom. The van der Waals surface area contributed by atoms with Gasteiger partial charge in [0, 0.05) is 32.1 Å². The number of aliphatic hydroxyl groups is 1. The summed E-state index contributed by atoms with van der Waals surface area (Å²) in [5.74, 6) is 0.864.